The van der Waals surface area contributed by atoms with Gasteiger partial charge in [-0.1, -0.05) is 29.8 Å². The maximum atomic E-state index is 8.94. The molecule has 92 valence electrons. The Bertz CT molecular complexity index is 868. The molecule has 0 amide bonds. The Hall–Kier alpha value is -2.24. The van der Waals surface area contributed by atoms with Crippen LogP contribution >= 0.6 is 11.6 Å². The molecule has 0 saturated heterocycles. The molecule has 0 saturated carbocycles. The van der Waals surface area contributed by atoms with Crippen molar-refractivity contribution in [2.24, 2.45) is 0 Å². The first-order valence-electron chi connectivity index (χ1n) is 5.82. The fraction of sp³-hybridized carbons (Fsp3) is 0.0625. The Morgan fingerprint density at radius 3 is 2.79 bits per heavy atom. The van der Waals surface area contributed by atoms with E-state index in [1.807, 2.05) is 25.1 Å². The molecule has 3 rings (SSSR count). The zero-order valence-electron chi connectivity index (χ0n) is 10.3. The van der Waals surface area contributed by atoms with Crippen LogP contribution in [0.3, 0.4) is 0 Å². The highest BCUT2D eigenvalue weighted by Crippen LogP contribution is 2.38. The maximum Gasteiger partial charge on any atom is 0.154 e. The third kappa shape index (κ3) is 1.71. The van der Waals surface area contributed by atoms with Gasteiger partial charge in [0.15, 0.2) is 5.58 Å². The molecule has 1 aromatic heterocycles. The van der Waals surface area contributed by atoms with Gasteiger partial charge < -0.3 is 4.42 Å². The van der Waals surface area contributed by atoms with Crippen molar-refractivity contribution in [3.8, 4) is 6.07 Å². The van der Waals surface area contributed by atoms with Gasteiger partial charge in [-0.3, -0.25) is 0 Å². The number of benzene rings is 2. The van der Waals surface area contributed by atoms with E-state index in [1.165, 1.54) is 0 Å². The largest absolute Gasteiger partial charge is 0.454 e. The van der Waals surface area contributed by atoms with Crippen molar-refractivity contribution in [2.45, 2.75) is 6.92 Å². The Kier molecular flexibility index (Phi) is 2.58. The van der Waals surface area contributed by atoms with Crippen molar-refractivity contribution in [3.63, 3.8) is 0 Å². The number of fused-ring (bicyclic) bond motifs is 3. The van der Waals surface area contributed by atoms with Gasteiger partial charge in [0.1, 0.15) is 5.58 Å². The third-order valence-corrected chi connectivity index (χ3v) is 3.46. The molecule has 1 heterocycles. The first kappa shape index (κ1) is 11.8. The van der Waals surface area contributed by atoms with Crippen molar-refractivity contribution in [2.75, 3.05) is 0 Å². The van der Waals surface area contributed by atoms with Crippen LogP contribution in [0.5, 0.6) is 0 Å². The standard InChI is InChI=1S/C16H10ClNO/c1-9(2)11-5-6-13(17)16-15(11)12-4-3-10(8-18)7-14(12)19-16/h3-7H,1H2,2H3. The van der Waals surface area contributed by atoms with Gasteiger partial charge in [-0.05, 0) is 36.8 Å². The molecule has 3 aromatic rings. The van der Waals surface area contributed by atoms with Crippen LogP contribution in [0.25, 0.3) is 27.5 Å². The minimum atomic E-state index is 0.565. The van der Waals surface area contributed by atoms with Crippen molar-refractivity contribution in [1.82, 2.24) is 0 Å². The fourth-order valence-electron chi connectivity index (χ4n) is 2.27. The van der Waals surface area contributed by atoms with Crippen LogP contribution in [0.1, 0.15) is 18.1 Å². The first-order valence-corrected chi connectivity index (χ1v) is 6.20. The normalized spacial score (nSPS) is 10.8. The minimum Gasteiger partial charge on any atom is -0.454 e. The van der Waals surface area contributed by atoms with Crippen LogP contribution < -0.4 is 0 Å². The summed E-state index contributed by atoms with van der Waals surface area (Å²) in [7, 11) is 0. The lowest BCUT2D eigenvalue weighted by molar-refractivity contribution is 0.669. The maximum absolute atomic E-state index is 8.94. The number of nitrogens with zero attached hydrogens (tertiary/aromatic N) is 1. The van der Waals surface area contributed by atoms with Crippen molar-refractivity contribution >= 4 is 39.1 Å². The van der Waals surface area contributed by atoms with Gasteiger partial charge in [-0.25, -0.2) is 0 Å². The molecule has 3 heteroatoms. The van der Waals surface area contributed by atoms with E-state index in [0.29, 0.717) is 21.8 Å². The van der Waals surface area contributed by atoms with Crippen LogP contribution in [-0.4, -0.2) is 0 Å². The number of halogens is 1. The van der Waals surface area contributed by atoms with E-state index in [1.54, 1.807) is 12.1 Å². The average molecular weight is 268 g/mol. The van der Waals surface area contributed by atoms with Crippen molar-refractivity contribution in [3.05, 3.63) is 53.1 Å². The van der Waals surface area contributed by atoms with Crippen LogP contribution in [-0.2, 0) is 0 Å². The van der Waals surface area contributed by atoms with Crippen LogP contribution in [0, 0.1) is 11.3 Å². The molecule has 19 heavy (non-hydrogen) atoms. The van der Waals surface area contributed by atoms with Crippen LogP contribution in [0.15, 0.2) is 41.3 Å². The van der Waals surface area contributed by atoms with Crippen LogP contribution in [0.4, 0.5) is 0 Å². The predicted octanol–water partition coefficient (Wildman–Crippen LogP) is 5.14. The Balaban J connectivity index is 2.54. The Morgan fingerprint density at radius 1 is 1.32 bits per heavy atom. The average Bonchev–Trinajstić information content (AvgIpc) is 2.78. The van der Waals surface area contributed by atoms with Gasteiger partial charge in [0.25, 0.3) is 0 Å². The highest BCUT2D eigenvalue weighted by Gasteiger charge is 2.14. The van der Waals surface area contributed by atoms with Crippen molar-refractivity contribution < 1.29 is 4.42 Å². The molecule has 0 N–H and O–H groups in total. The SMILES string of the molecule is C=C(C)c1ccc(Cl)c2oc3cc(C#N)ccc3c12. The molecule has 0 aliphatic rings. The second kappa shape index (κ2) is 4.15. The second-order valence-electron chi connectivity index (χ2n) is 4.50. The molecule has 2 aromatic carbocycles. The summed E-state index contributed by atoms with van der Waals surface area (Å²) in [5, 5.41) is 11.4. The van der Waals surface area contributed by atoms with E-state index in [2.05, 4.69) is 12.6 Å². The van der Waals surface area contributed by atoms with E-state index >= 15 is 0 Å². The van der Waals surface area contributed by atoms with Gasteiger partial charge in [-0.15, -0.1) is 0 Å². The lowest BCUT2D eigenvalue weighted by Crippen LogP contribution is -1.80. The number of rotatable bonds is 1. The molecule has 0 fully saturated rings. The molecular formula is C16H10ClNO. The van der Waals surface area contributed by atoms with Gasteiger partial charge >= 0.3 is 0 Å². The Labute approximate surface area is 115 Å². The fourth-order valence-corrected chi connectivity index (χ4v) is 2.47. The van der Waals surface area contributed by atoms with E-state index in [9.17, 15) is 0 Å². The lowest BCUT2D eigenvalue weighted by atomic mass is 10.0. The molecule has 0 aliphatic heterocycles. The molecule has 0 bridgehead atoms. The molecule has 0 spiro atoms. The number of furan rings is 1. The number of nitriles is 1. The number of hydrogen-bond donors (Lipinski definition) is 0. The molecule has 0 unspecified atom stereocenters. The van der Waals surface area contributed by atoms with Gasteiger partial charge in [0.05, 0.1) is 16.7 Å². The quantitative estimate of drug-likeness (QED) is 0.612. The van der Waals surface area contributed by atoms with E-state index in [-0.39, 0.29) is 0 Å². The van der Waals surface area contributed by atoms with E-state index in [4.69, 9.17) is 21.3 Å². The van der Waals surface area contributed by atoms with Crippen molar-refractivity contribution in [1.29, 1.82) is 5.26 Å². The lowest BCUT2D eigenvalue weighted by Gasteiger charge is -2.02. The third-order valence-electron chi connectivity index (χ3n) is 3.16. The monoisotopic (exact) mass is 267 g/mol. The summed E-state index contributed by atoms with van der Waals surface area (Å²) in [4.78, 5) is 0. The van der Waals surface area contributed by atoms with Gasteiger partial charge in [-0.2, -0.15) is 5.26 Å². The molecule has 0 aliphatic carbocycles. The molecule has 2 nitrogen and oxygen atoms in total. The minimum absolute atomic E-state index is 0.565. The topological polar surface area (TPSA) is 36.9 Å². The zero-order chi connectivity index (χ0) is 13.6. The number of allylic oxidation sites excluding steroid dienone is 1. The highest BCUT2D eigenvalue weighted by molar-refractivity contribution is 6.36. The summed E-state index contributed by atoms with van der Waals surface area (Å²) in [5.74, 6) is 0. The number of hydrogen-bond acceptors (Lipinski definition) is 2. The molecule has 0 atom stereocenters. The summed E-state index contributed by atoms with van der Waals surface area (Å²) in [5.41, 5.74) is 3.85. The van der Waals surface area contributed by atoms with E-state index < -0.39 is 0 Å². The van der Waals surface area contributed by atoms with E-state index in [0.717, 1.165) is 21.9 Å². The van der Waals surface area contributed by atoms with Gasteiger partial charge in [0, 0.05) is 10.8 Å². The first-order chi connectivity index (χ1) is 9.11. The summed E-state index contributed by atoms with van der Waals surface area (Å²) in [6, 6.07) is 11.3. The summed E-state index contributed by atoms with van der Waals surface area (Å²) >= 11 is 6.19. The second-order valence-corrected chi connectivity index (χ2v) is 4.91. The zero-order valence-corrected chi connectivity index (χ0v) is 11.1. The smallest absolute Gasteiger partial charge is 0.154 e. The Morgan fingerprint density at radius 2 is 2.11 bits per heavy atom. The highest BCUT2D eigenvalue weighted by atomic mass is 35.5. The summed E-state index contributed by atoms with van der Waals surface area (Å²) in [6.07, 6.45) is 0. The van der Waals surface area contributed by atoms with Crippen LogP contribution in [0.2, 0.25) is 5.02 Å². The van der Waals surface area contributed by atoms with Gasteiger partial charge in [0.2, 0.25) is 0 Å². The summed E-state index contributed by atoms with van der Waals surface area (Å²) in [6.45, 7) is 5.94. The summed E-state index contributed by atoms with van der Waals surface area (Å²) < 4.78 is 5.79. The molecular weight excluding hydrogens is 258 g/mol. The predicted molar refractivity (Wildman–Crippen MR) is 78.2 cm³/mol. The molecule has 0 radical (unpaired) electrons.